The van der Waals surface area contributed by atoms with Crippen molar-refractivity contribution in [2.24, 2.45) is 0 Å². The molecule has 25 heavy (non-hydrogen) atoms. The van der Waals surface area contributed by atoms with Crippen molar-refractivity contribution < 1.29 is 23.8 Å². The summed E-state index contributed by atoms with van der Waals surface area (Å²) in [4.78, 5) is 23.4. The molecule has 8 heteroatoms. The molecule has 6 nitrogen and oxygen atoms in total. The van der Waals surface area contributed by atoms with Crippen LogP contribution in [0.3, 0.4) is 0 Å². The van der Waals surface area contributed by atoms with Crippen molar-refractivity contribution in [1.29, 1.82) is 0 Å². The second kappa shape index (κ2) is 9.15. The van der Waals surface area contributed by atoms with Crippen LogP contribution in [0.2, 0.25) is 10.0 Å². The number of esters is 1. The van der Waals surface area contributed by atoms with E-state index in [1.165, 1.54) is 6.07 Å². The third-order valence-corrected chi connectivity index (χ3v) is 3.55. The van der Waals surface area contributed by atoms with Gasteiger partial charge in [0, 0.05) is 5.02 Å². The Balaban J connectivity index is 1.75. The number of carbonyl (C=O) groups is 2. The first-order valence-corrected chi connectivity index (χ1v) is 7.91. The average Bonchev–Trinajstić information content (AvgIpc) is 2.61. The summed E-state index contributed by atoms with van der Waals surface area (Å²) < 4.78 is 15.1. The number of hydrogen-bond donors (Lipinski definition) is 1. The predicted molar refractivity (Wildman–Crippen MR) is 94.5 cm³/mol. The van der Waals surface area contributed by atoms with Crippen LogP contribution >= 0.6 is 23.2 Å². The van der Waals surface area contributed by atoms with Crippen molar-refractivity contribution in [1.82, 2.24) is 0 Å². The van der Waals surface area contributed by atoms with E-state index < -0.39 is 18.5 Å². The second-order valence-electron chi connectivity index (χ2n) is 4.80. The van der Waals surface area contributed by atoms with E-state index in [2.05, 4.69) is 5.32 Å². The van der Waals surface area contributed by atoms with E-state index in [-0.39, 0.29) is 6.61 Å². The number of hydrogen-bond acceptors (Lipinski definition) is 5. The predicted octanol–water partition coefficient (Wildman–Crippen LogP) is 3.56. The molecule has 0 atom stereocenters. The van der Waals surface area contributed by atoms with Gasteiger partial charge in [0.05, 0.1) is 17.8 Å². The van der Waals surface area contributed by atoms with Gasteiger partial charge < -0.3 is 19.5 Å². The Labute approximate surface area is 154 Å². The van der Waals surface area contributed by atoms with Gasteiger partial charge in [-0.05, 0) is 42.5 Å². The summed E-state index contributed by atoms with van der Waals surface area (Å²) in [5.41, 5.74) is 0.338. The summed E-state index contributed by atoms with van der Waals surface area (Å²) in [6, 6.07) is 11.3. The summed E-state index contributed by atoms with van der Waals surface area (Å²) in [6.07, 6.45) is 0. The van der Waals surface area contributed by atoms with E-state index in [9.17, 15) is 9.59 Å². The molecule has 0 aromatic heterocycles. The van der Waals surface area contributed by atoms with Crippen LogP contribution in [0.15, 0.2) is 42.5 Å². The Morgan fingerprint density at radius 2 is 1.68 bits per heavy atom. The quantitative estimate of drug-likeness (QED) is 0.739. The smallest absolute Gasteiger partial charge is 0.344 e. The van der Waals surface area contributed by atoms with Crippen LogP contribution in [-0.4, -0.2) is 32.2 Å². The van der Waals surface area contributed by atoms with Crippen LogP contribution < -0.4 is 14.8 Å². The van der Waals surface area contributed by atoms with Crippen LogP contribution in [0, 0.1) is 0 Å². The Bertz CT molecular complexity index is 749. The van der Waals surface area contributed by atoms with E-state index in [4.69, 9.17) is 37.4 Å². The van der Waals surface area contributed by atoms with E-state index in [0.29, 0.717) is 27.2 Å². The van der Waals surface area contributed by atoms with Crippen molar-refractivity contribution in [3.8, 4) is 11.5 Å². The first kappa shape index (κ1) is 18.9. The molecule has 0 spiro atoms. The van der Waals surface area contributed by atoms with Gasteiger partial charge in [-0.3, -0.25) is 4.79 Å². The number of anilines is 1. The molecule has 0 saturated heterocycles. The molecular formula is C17H15Cl2NO5. The molecule has 0 saturated carbocycles. The van der Waals surface area contributed by atoms with Crippen LogP contribution in [0.1, 0.15) is 0 Å². The molecule has 2 rings (SSSR count). The zero-order chi connectivity index (χ0) is 18.2. The number of benzene rings is 2. The van der Waals surface area contributed by atoms with Gasteiger partial charge in [0.2, 0.25) is 0 Å². The monoisotopic (exact) mass is 383 g/mol. The molecule has 0 radical (unpaired) electrons. The first-order chi connectivity index (χ1) is 12.0. The zero-order valence-corrected chi connectivity index (χ0v) is 14.8. The zero-order valence-electron chi connectivity index (χ0n) is 13.3. The molecule has 1 N–H and O–H groups in total. The molecule has 0 unspecified atom stereocenters. The van der Waals surface area contributed by atoms with E-state index in [0.717, 1.165) is 0 Å². The number of carbonyl (C=O) groups excluding carboxylic acids is 2. The third kappa shape index (κ3) is 6.17. The number of ether oxygens (including phenoxy) is 3. The minimum Gasteiger partial charge on any atom is -0.497 e. The standard InChI is InChI=1S/C17H15Cl2NO5/c1-23-12-3-5-13(6-4-12)24-10-17(22)25-9-16(21)20-15-8-11(18)2-7-14(15)19/h2-8H,9-10H2,1H3,(H,20,21). The molecule has 0 fully saturated rings. The molecule has 0 aliphatic carbocycles. The Morgan fingerprint density at radius 3 is 2.36 bits per heavy atom. The lowest BCUT2D eigenvalue weighted by molar-refractivity contribution is -0.149. The van der Waals surface area contributed by atoms with Crippen molar-refractivity contribution in [3.63, 3.8) is 0 Å². The van der Waals surface area contributed by atoms with E-state index in [1.54, 1.807) is 43.5 Å². The molecule has 2 aromatic carbocycles. The summed E-state index contributed by atoms with van der Waals surface area (Å²) in [6.45, 7) is -0.787. The fourth-order valence-electron chi connectivity index (χ4n) is 1.78. The SMILES string of the molecule is COc1ccc(OCC(=O)OCC(=O)Nc2cc(Cl)ccc2Cl)cc1. The third-order valence-electron chi connectivity index (χ3n) is 2.98. The van der Waals surface area contributed by atoms with Gasteiger partial charge in [0.1, 0.15) is 11.5 Å². The highest BCUT2D eigenvalue weighted by atomic mass is 35.5. The van der Waals surface area contributed by atoms with Crippen molar-refractivity contribution in [2.75, 3.05) is 25.6 Å². The van der Waals surface area contributed by atoms with Gasteiger partial charge in [0.25, 0.3) is 5.91 Å². The van der Waals surface area contributed by atoms with Crippen molar-refractivity contribution >= 4 is 40.8 Å². The highest BCUT2D eigenvalue weighted by Gasteiger charge is 2.11. The second-order valence-corrected chi connectivity index (χ2v) is 5.64. The Hall–Kier alpha value is -2.44. The maximum absolute atomic E-state index is 11.8. The molecule has 132 valence electrons. The van der Waals surface area contributed by atoms with Gasteiger partial charge in [-0.25, -0.2) is 4.79 Å². The maximum atomic E-state index is 11.8. The molecular weight excluding hydrogens is 369 g/mol. The molecule has 0 aliphatic rings. The van der Waals surface area contributed by atoms with E-state index >= 15 is 0 Å². The van der Waals surface area contributed by atoms with Crippen LogP contribution in [0.25, 0.3) is 0 Å². The highest BCUT2D eigenvalue weighted by Crippen LogP contribution is 2.25. The van der Waals surface area contributed by atoms with Gasteiger partial charge in [-0.15, -0.1) is 0 Å². The lowest BCUT2D eigenvalue weighted by Gasteiger charge is -2.09. The first-order valence-electron chi connectivity index (χ1n) is 7.15. The maximum Gasteiger partial charge on any atom is 0.344 e. The molecule has 1 amide bonds. The number of methoxy groups -OCH3 is 1. The normalized spacial score (nSPS) is 10.0. The fourth-order valence-corrected chi connectivity index (χ4v) is 2.12. The van der Waals surface area contributed by atoms with Gasteiger partial charge in [0.15, 0.2) is 13.2 Å². The molecule has 0 aliphatic heterocycles. The number of amides is 1. The summed E-state index contributed by atoms with van der Waals surface area (Å²) in [7, 11) is 1.55. The van der Waals surface area contributed by atoms with Crippen LogP contribution in [0.4, 0.5) is 5.69 Å². The van der Waals surface area contributed by atoms with Gasteiger partial charge >= 0.3 is 5.97 Å². The molecule has 0 bridgehead atoms. The van der Waals surface area contributed by atoms with Crippen molar-refractivity contribution in [3.05, 3.63) is 52.5 Å². The Kier molecular flexibility index (Phi) is 6.91. The van der Waals surface area contributed by atoms with Crippen LogP contribution in [-0.2, 0) is 14.3 Å². The largest absolute Gasteiger partial charge is 0.497 e. The number of halogens is 2. The van der Waals surface area contributed by atoms with E-state index in [1.807, 2.05) is 0 Å². The number of nitrogens with one attached hydrogen (secondary N) is 1. The Morgan fingerprint density at radius 1 is 1.00 bits per heavy atom. The topological polar surface area (TPSA) is 73.9 Å². The van der Waals surface area contributed by atoms with Crippen molar-refractivity contribution in [2.45, 2.75) is 0 Å². The average molecular weight is 384 g/mol. The fraction of sp³-hybridized carbons (Fsp3) is 0.176. The summed E-state index contributed by atoms with van der Waals surface area (Å²) in [5.74, 6) is -0.0655. The lowest BCUT2D eigenvalue weighted by atomic mass is 10.3. The minimum absolute atomic E-state index is 0.322. The van der Waals surface area contributed by atoms with Gasteiger partial charge in [-0.2, -0.15) is 0 Å². The van der Waals surface area contributed by atoms with Gasteiger partial charge in [-0.1, -0.05) is 23.2 Å². The summed E-state index contributed by atoms with van der Waals surface area (Å²) in [5, 5.41) is 3.25. The highest BCUT2D eigenvalue weighted by molar-refractivity contribution is 6.35. The minimum atomic E-state index is -0.678. The molecule has 2 aromatic rings. The van der Waals surface area contributed by atoms with Crippen LogP contribution in [0.5, 0.6) is 11.5 Å². The summed E-state index contributed by atoms with van der Waals surface area (Å²) >= 11 is 11.8. The number of rotatable bonds is 7. The molecule has 0 heterocycles. The lowest BCUT2D eigenvalue weighted by Crippen LogP contribution is -2.23.